The number of pyridine rings is 1. The molecule has 1 aromatic heterocycles. The van der Waals surface area contributed by atoms with E-state index in [2.05, 4.69) is 22.4 Å². The van der Waals surface area contributed by atoms with Gasteiger partial charge in [0, 0.05) is 24.7 Å². The Labute approximate surface area is 174 Å². The Hall–Kier alpha value is -3.67. The summed E-state index contributed by atoms with van der Waals surface area (Å²) in [5.74, 6) is -1.22. The maximum atomic E-state index is 12.5. The maximum Gasteiger partial charge on any atom is 0.408 e. The van der Waals surface area contributed by atoms with Crippen molar-refractivity contribution in [1.82, 2.24) is 10.3 Å². The van der Waals surface area contributed by atoms with Crippen LogP contribution in [-0.4, -0.2) is 34.3 Å². The van der Waals surface area contributed by atoms with E-state index in [0.29, 0.717) is 5.56 Å². The number of fused-ring (bicyclic) bond motifs is 3. The third-order valence-electron chi connectivity index (χ3n) is 5.47. The van der Waals surface area contributed by atoms with Crippen molar-refractivity contribution < 1.29 is 19.4 Å². The van der Waals surface area contributed by atoms with E-state index in [-0.39, 0.29) is 18.9 Å². The average Bonchev–Trinajstić information content (AvgIpc) is 3.06. The first-order valence-electron chi connectivity index (χ1n) is 9.73. The van der Waals surface area contributed by atoms with E-state index in [1.807, 2.05) is 36.4 Å². The summed E-state index contributed by atoms with van der Waals surface area (Å²) in [7, 11) is 0. The largest absolute Gasteiger partial charge is 0.480 e. The second-order valence-corrected chi connectivity index (χ2v) is 7.63. The van der Waals surface area contributed by atoms with Gasteiger partial charge in [0.25, 0.3) is 0 Å². The number of carboxylic acids is 1. The van der Waals surface area contributed by atoms with Gasteiger partial charge in [0.2, 0.25) is 0 Å². The molecule has 6 nitrogen and oxygen atoms in total. The van der Waals surface area contributed by atoms with Crippen LogP contribution in [0.5, 0.6) is 0 Å². The van der Waals surface area contributed by atoms with Gasteiger partial charge >= 0.3 is 12.1 Å². The summed E-state index contributed by atoms with van der Waals surface area (Å²) in [6.45, 7) is 1.59. The summed E-state index contributed by atoms with van der Waals surface area (Å²) in [5, 5.41) is 12.2. The number of nitrogens with one attached hydrogen (secondary N) is 1. The Morgan fingerprint density at radius 2 is 1.67 bits per heavy atom. The van der Waals surface area contributed by atoms with Crippen LogP contribution in [-0.2, 0) is 16.0 Å². The van der Waals surface area contributed by atoms with Gasteiger partial charge in [-0.25, -0.2) is 9.59 Å². The van der Waals surface area contributed by atoms with Crippen LogP contribution in [0.1, 0.15) is 29.5 Å². The van der Waals surface area contributed by atoms with Crippen molar-refractivity contribution in [2.75, 3.05) is 6.61 Å². The van der Waals surface area contributed by atoms with E-state index >= 15 is 0 Å². The molecule has 3 aromatic rings. The molecule has 2 N–H and O–H groups in total. The molecular formula is C24H22N2O4. The monoisotopic (exact) mass is 402 g/mol. The Kier molecular flexibility index (Phi) is 5.23. The number of carbonyl (C=O) groups excluding carboxylic acids is 1. The Bertz CT molecular complexity index is 1040. The highest BCUT2D eigenvalue weighted by molar-refractivity contribution is 5.84. The van der Waals surface area contributed by atoms with Crippen LogP contribution in [0, 0.1) is 0 Å². The summed E-state index contributed by atoms with van der Waals surface area (Å²) >= 11 is 0. The van der Waals surface area contributed by atoms with Crippen molar-refractivity contribution in [3.05, 3.63) is 89.7 Å². The minimum absolute atomic E-state index is 0.0856. The van der Waals surface area contributed by atoms with Crippen LogP contribution in [0.15, 0.2) is 73.1 Å². The lowest BCUT2D eigenvalue weighted by Crippen LogP contribution is -2.54. The third kappa shape index (κ3) is 3.76. The normalized spacial score (nSPS) is 14.3. The number of rotatable bonds is 6. The van der Waals surface area contributed by atoms with E-state index in [1.165, 1.54) is 6.92 Å². The van der Waals surface area contributed by atoms with Crippen LogP contribution in [0.3, 0.4) is 0 Å². The molecule has 4 rings (SSSR count). The minimum Gasteiger partial charge on any atom is -0.480 e. The number of carbonyl (C=O) groups is 2. The average molecular weight is 402 g/mol. The van der Waals surface area contributed by atoms with E-state index in [1.54, 1.807) is 24.5 Å². The molecule has 0 aliphatic heterocycles. The van der Waals surface area contributed by atoms with Crippen molar-refractivity contribution in [3.63, 3.8) is 0 Å². The van der Waals surface area contributed by atoms with Gasteiger partial charge in [-0.3, -0.25) is 4.98 Å². The topological polar surface area (TPSA) is 88.5 Å². The first-order chi connectivity index (χ1) is 14.5. The molecule has 1 aliphatic carbocycles. The molecule has 1 heterocycles. The zero-order valence-electron chi connectivity index (χ0n) is 16.5. The van der Waals surface area contributed by atoms with E-state index in [0.717, 1.165) is 22.3 Å². The molecule has 30 heavy (non-hydrogen) atoms. The number of hydrogen-bond acceptors (Lipinski definition) is 4. The van der Waals surface area contributed by atoms with Crippen LogP contribution in [0.4, 0.5) is 4.79 Å². The zero-order valence-corrected chi connectivity index (χ0v) is 16.5. The van der Waals surface area contributed by atoms with Gasteiger partial charge in [-0.05, 0) is 40.8 Å². The fourth-order valence-corrected chi connectivity index (χ4v) is 3.94. The number of benzene rings is 2. The van der Waals surface area contributed by atoms with Crippen molar-refractivity contribution in [1.29, 1.82) is 0 Å². The van der Waals surface area contributed by atoms with Crippen molar-refractivity contribution in [2.24, 2.45) is 0 Å². The first-order valence-corrected chi connectivity index (χ1v) is 9.73. The van der Waals surface area contributed by atoms with Gasteiger partial charge in [0.05, 0.1) is 0 Å². The van der Waals surface area contributed by atoms with Crippen LogP contribution >= 0.6 is 0 Å². The molecule has 1 unspecified atom stereocenters. The standard InChI is InChI=1S/C24H22N2O4/c1-24(22(27)28,13-16-7-6-12-25-14-16)26-23(29)30-15-21-19-10-4-2-8-17(19)18-9-3-5-11-20(18)21/h2-12,14,21H,13,15H2,1H3,(H,26,29)(H,27,28). The summed E-state index contributed by atoms with van der Waals surface area (Å²) in [5.41, 5.74) is 3.67. The fraction of sp³-hybridized carbons (Fsp3) is 0.208. The van der Waals surface area contributed by atoms with Crippen molar-refractivity contribution in [2.45, 2.75) is 24.8 Å². The first kappa shape index (κ1) is 19.6. The summed E-state index contributed by atoms with van der Waals surface area (Å²) in [6, 6.07) is 19.6. The number of hydrogen-bond donors (Lipinski definition) is 2. The van der Waals surface area contributed by atoms with Gasteiger partial charge in [0.1, 0.15) is 12.1 Å². The highest BCUT2D eigenvalue weighted by atomic mass is 16.5. The second kappa shape index (κ2) is 7.99. The summed E-state index contributed by atoms with van der Waals surface area (Å²) in [4.78, 5) is 28.4. The maximum absolute atomic E-state index is 12.5. The van der Waals surface area contributed by atoms with Gasteiger partial charge in [0.15, 0.2) is 0 Å². The highest BCUT2D eigenvalue weighted by Crippen LogP contribution is 2.44. The minimum atomic E-state index is -1.51. The number of amides is 1. The smallest absolute Gasteiger partial charge is 0.408 e. The molecule has 1 aliphatic rings. The molecule has 0 bridgehead atoms. The van der Waals surface area contributed by atoms with Gasteiger partial charge in [-0.2, -0.15) is 0 Å². The van der Waals surface area contributed by atoms with Crippen LogP contribution in [0.25, 0.3) is 11.1 Å². The van der Waals surface area contributed by atoms with Gasteiger partial charge < -0.3 is 15.2 Å². The molecule has 6 heteroatoms. The number of alkyl carbamates (subject to hydrolysis) is 1. The molecule has 0 radical (unpaired) electrons. The molecule has 1 atom stereocenters. The number of ether oxygens (including phenoxy) is 1. The van der Waals surface area contributed by atoms with Crippen molar-refractivity contribution >= 4 is 12.1 Å². The lowest BCUT2D eigenvalue weighted by Gasteiger charge is -2.26. The fourth-order valence-electron chi connectivity index (χ4n) is 3.94. The lowest BCUT2D eigenvalue weighted by atomic mass is 9.94. The Morgan fingerprint density at radius 3 is 2.23 bits per heavy atom. The highest BCUT2D eigenvalue weighted by Gasteiger charge is 2.36. The van der Waals surface area contributed by atoms with E-state index in [9.17, 15) is 14.7 Å². The van der Waals surface area contributed by atoms with Gasteiger partial charge in [-0.1, -0.05) is 54.6 Å². The predicted octanol–water partition coefficient (Wildman–Crippen LogP) is 4.01. The Morgan fingerprint density at radius 1 is 1.03 bits per heavy atom. The molecule has 0 spiro atoms. The zero-order chi connectivity index (χ0) is 21.1. The van der Waals surface area contributed by atoms with E-state index in [4.69, 9.17) is 4.74 Å². The van der Waals surface area contributed by atoms with Crippen molar-refractivity contribution in [3.8, 4) is 11.1 Å². The molecule has 1 amide bonds. The molecule has 0 saturated heterocycles. The number of aromatic nitrogens is 1. The third-order valence-corrected chi connectivity index (χ3v) is 5.47. The van der Waals surface area contributed by atoms with E-state index < -0.39 is 17.6 Å². The molecule has 152 valence electrons. The molecule has 2 aromatic carbocycles. The van der Waals surface area contributed by atoms with Crippen LogP contribution in [0.2, 0.25) is 0 Å². The molecule has 0 fully saturated rings. The predicted molar refractivity (Wildman–Crippen MR) is 112 cm³/mol. The molecular weight excluding hydrogens is 380 g/mol. The SMILES string of the molecule is CC(Cc1cccnc1)(NC(=O)OCC1c2ccccc2-c2ccccc21)C(=O)O. The summed E-state index contributed by atoms with van der Waals surface area (Å²) < 4.78 is 5.49. The lowest BCUT2D eigenvalue weighted by molar-refractivity contribution is -0.143. The van der Waals surface area contributed by atoms with Gasteiger partial charge in [-0.15, -0.1) is 0 Å². The number of nitrogens with zero attached hydrogens (tertiary/aromatic N) is 1. The Balaban J connectivity index is 1.47. The molecule has 0 saturated carbocycles. The number of carboxylic acid groups (broad SMARTS) is 1. The quantitative estimate of drug-likeness (QED) is 0.650. The summed E-state index contributed by atoms with van der Waals surface area (Å²) in [6.07, 6.45) is 2.53. The second-order valence-electron chi connectivity index (χ2n) is 7.63. The van der Waals surface area contributed by atoms with Crippen LogP contribution < -0.4 is 5.32 Å². The number of aliphatic carboxylic acids is 1.